The number of halogens is 1. The Hall–Kier alpha value is -3.05. The number of likely N-dealkylation sites (N-methyl/N-ethyl adjacent to an activating group) is 2. The number of hydrogen-bond acceptors (Lipinski definition) is 7. The molecule has 1 atom stereocenters. The predicted molar refractivity (Wildman–Crippen MR) is 158 cm³/mol. The van der Waals surface area contributed by atoms with Crippen molar-refractivity contribution >= 4 is 40.8 Å². The van der Waals surface area contributed by atoms with Crippen molar-refractivity contribution < 1.29 is 14.4 Å². The van der Waals surface area contributed by atoms with Gasteiger partial charge in [-0.05, 0) is 63.3 Å². The maximum absolute atomic E-state index is 13.2. The van der Waals surface area contributed by atoms with E-state index < -0.39 is 6.04 Å². The second kappa shape index (κ2) is 14.5. The van der Waals surface area contributed by atoms with Crippen LogP contribution >= 0.6 is 11.6 Å². The molecule has 1 aromatic heterocycles. The fourth-order valence-corrected chi connectivity index (χ4v) is 5.13. The van der Waals surface area contributed by atoms with E-state index in [1.807, 2.05) is 19.2 Å². The molecule has 3 heterocycles. The molecule has 0 radical (unpaired) electrons. The highest BCUT2D eigenvalue weighted by molar-refractivity contribution is 6.30. The Morgan fingerprint density at radius 1 is 1.05 bits per heavy atom. The molecule has 2 aliphatic rings. The normalized spacial score (nSPS) is 17.6. The SMILES string of the molecule is CN1CCN(CCN(C)CC(CC(=O)Nc2ccc(Cl)cn2)NC(=O)c2ccc(N3CCCCC3=O)cc2)CC1. The number of pyridine rings is 1. The summed E-state index contributed by atoms with van der Waals surface area (Å²) in [4.78, 5) is 51.2. The highest BCUT2D eigenvalue weighted by atomic mass is 35.5. The number of piperazine rings is 1. The standard InChI is InChI=1S/C29H40ClN7O3/c1-34-13-16-36(17-14-34)18-15-35(2)21-24(19-27(38)33-26-11-8-23(30)20-31-26)32-29(40)22-6-9-25(10-7-22)37-12-4-3-5-28(37)39/h6-11,20,24H,3-5,12-19,21H2,1-2H3,(H,32,40)(H,31,33,38). The zero-order chi connectivity index (χ0) is 28.5. The number of nitrogens with zero attached hydrogens (tertiary/aromatic N) is 5. The molecule has 216 valence electrons. The summed E-state index contributed by atoms with van der Waals surface area (Å²) in [6.45, 7) is 7.18. The summed E-state index contributed by atoms with van der Waals surface area (Å²) in [5, 5.41) is 6.34. The summed E-state index contributed by atoms with van der Waals surface area (Å²) < 4.78 is 0. The molecular weight excluding hydrogens is 530 g/mol. The van der Waals surface area contributed by atoms with E-state index in [0.29, 0.717) is 35.9 Å². The van der Waals surface area contributed by atoms with Crippen molar-refractivity contribution in [2.24, 2.45) is 0 Å². The van der Waals surface area contributed by atoms with E-state index in [1.165, 1.54) is 6.20 Å². The van der Waals surface area contributed by atoms with Crippen LogP contribution in [0.2, 0.25) is 5.02 Å². The van der Waals surface area contributed by atoms with Gasteiger partial charge in [-0.25, -0.2) is 4.98 Å². The van der Waals surface area contributed by atoms with Crippen molar-refractivity contribution in [1.82, 2.24) is 25.0 Å². The van der Waals surface area contributed by atoms with Gasteiger partial charge in [0.05, 0.1) is 11.1 Å². The molecule has 2 aromatic rings. The first kappa shape index (κ1) is 29.9. The second-order valence-corrected chi connectivity index (χ2v) is 11.2. The largest absolute Gasteiger partial charge is 0.347 e. The minimum atomic E-state index is -0.416. The fourth-order valence-electron chi connectivity index (χ4n) is 5.02. The van der Waals surface area contributed by atoms with E-state index in [-0.39, 0.29) is 24.1 Å². The number of nitrogens with one attached hydrogen (secondary N) is 2. The van der Waals surface area contributed by atoms with Gasteiger partial charge in [-0.2, -0.15) is 0 Å². The molecule has 40 heavy (non-hydrogen) atoms. The molecule has 0 saturated carbocycles. The molecule has 1 unspecified atom stereocenters. The third kappa shape index (κ3) is 8.99. The number of piperidine rings is 1. The lowest BCUT2D eigenvalue weighted by molar-refractivity contribution is -0.119. The van der Waals surface area contributed by atoms with Crippen LogP contribution in [0.5, 0.6) is 0 Å². The van der Waals surface area contributed by atoms with Crippen molar-refractivity contribution in [2.45, 2.75) is 31.7 Å². The summed E-state index contributed by atoms with van der Waals surface area (Å²) in [6.07, 6.45) is 4.02. The van der Waals surface area contributed by atoms with Crippen molar-refractivity contribution in [1.29, 1.82) is 0 Å². The molecule has 1 aromatic carbocycles. The van der Waals surface area contributed by atoms with Crippen molar-refractivity contribution in [3.05, 3.63) is 53.2 Å². The maximum Gasteiger partial charge on any atom is 0.251 e. The first-order valence-electron chi connectivity index (χ1n) is 14.0. The monoisotopic (exact) mass is 569 g/mol. The first-order valence-corrected chi connectivity index (χ1v) is 14.4. The summed E-state index contributed by atoms with van der Waals surface area (Å²) in [5.74, 6) is 0.0213. The Morgan fingerprint density at radius 2 is 1.80 bits per heavy atom. The smallest absolute Gasteiger partial charge is 0.251 e. The van der Waals surface area contributed by atoms with Crippen LogP contribution in [0.15, 0.2) is 42.6 Å². The molecule has 0 bridgehead atoms. The van der Waals surface area contributed by atoms with Crippen molar-refractivity contribution in [3.63, 3.8) is 0 Å². The Morgan fingerprint density at radius 3 is 2.48 bits per heavy atom. The zero-order valence-corrected chi connectivity index (χ0v) is 24.2. The van der Waals surface area contributed by atoms with Gasteiger partial charge < -0.3 is 25.3 Å². The number of aromatic nitrogens is 1. The van der Waals surface area contributed by atoms with Gasteiger partial charge in [-0.1, -0.05) is 11.6 Å². The molecule has 2 N–H and O–H groups in total. The Bertz CT molecular complexity index is 1140. The van der Waals surface area contributed by atoms with Crippen LogP contribution in [0, 0.1) is 0 Å². The van der Waals surface area contributed by atoms with Crippen LogP contribution in [0.3, 0.4) is 0 Å². The molecule has 11 heteroatoms. The van der Waals surface area contributed by atoms with E-state index in [0.717, 1.165) is 57.8 Å². The van der Waals surface area contributed by atoms with Crippen LogP contribution in [0.1, 0.15) is 36.0 Å². The molecule has 10 nitrogen and oxygen atoms in total. The zero-order valence-electron chi connectivity index (χ0n) is 23.4. The van der Waals surface area contributed by atoms with Crippen molar-refractivity contribution in [2.75, 3.05) is 76.7 Å². The van der Waals surface area contributed by atoms with Crippen LogP contribution < -0.4 is 15.5 Å². The maximum atomic E-state index is 13.2. The highest BCUT2D eigenvalue weighted by Gasteiger charge is 2.22. The highest BCUT2D eigenvalue weighted by Crippen LogP contribution is 2.21. The Kier molecular flexibility index (Phi) is 10.9. The van der Waals surface area contributed by atoms with Gasteiger partial charge in [-0.3, -0.25) is 19.3 Å². The number of carbonyl (C=O) groups excluding carboxylic acids is 3. The van der Waals surface area contributed by atoms with E-state index in [2.05, 4.69) is 37.4 Å². The first-order chi connectivity index (χ1) is 19.3. The third-order valence-corrected chi connectivity index (χ3v) is 7.68. The predicted octanol–water partition coefficient (Wildman–Crippen LogP) is 2.56. The van der Waals surface area contributed by atoms with Crippen LogP contribution in [0.25, 0.3) is 0 Å². The minimum Gasteiger partial charge on any atom is -0.347 e. The molecule has 3 amide bonds. The number of amides is 3. The van der Waals surface area contributed by atoms with Gasteiger partial charge >= 0.3 is 0 Å². The van der Waals surface area contributed by atoms with Gasteiger partial charge in [0.1, 0.15) is 5.82 Å². The van der Waals surface area contributed by atoms with Gasteiger partial charge in [0.15, 0.2) is 0 Å². The van der Waals surface area contributed by atoms with Crippen LogP contribution in [-0.2, 0) is 9.59 Å². The summed E-state index contributed by atoms with van der Waals surface area (Å²) in [5.41, 5.74) is 1.29. The molecule has 0 aliphatic carbocycles. The van der Waals surface area contributed by atoms with E-state index in [1.54, 1.807) is 29.2 Å². The molecule has 2 saturated heterocycles. The topological polar surface area (TPSA) is 101 Å². The fraction of sp³-hybridized carbons (Fsp3) is 0.517. The van der Waals surface area contributed by atoms with E-state index in [4.69, 9.17) is 11.6 Å². The molecule has 2 aliphatic heterocycles. The minimum absolute atomic E-state index is 0.0925. The molecule has 4 rings (SSSR count). The number of benzene rings is 1. The average molecular weight is 570 g/mol. The summed E-state index contributed by atoms with van der Waals surface area (Å²) in [6, 6.07) is 9.99. The van der Waals surface area contributed by atoms with E-state index >= 15 is 0 Å². The quantitative estimate of drug-likeness (QED) is 0.429. The van der Waals surface area contributed by atoms with Gasteiger partial charge in [0, 0.05) is 82.6 Å². The molecule has 2 fully saturated rings. The number of anilines is 2. The van der Waals surface area contributed by atoms with Crippen LogP contribution in [-0.4, -0.2) is 110 Å². The lowest BCUT2D eigenvalue weighted by Gasteiger charge is -2.34. The van der Waals surface area contributed by atoms with Gasteiger partial charge in [-0.15, -0.1) is 0 Å². The van der Waals surface area contributed by atoms with Crippen molar-refractivity contribution in [3.8, 4) is 0 Å². The van der Waals surface area contributed by atoms with E-state index in [9.17, 15) is 14.4 Å². The Balaban J connectivity index is 1.37. The molecular formula is C29H40ClN7O3. The van der Waals surface area contributed by atoms with Gasteiger partial charge in [0.2, 0.25) is 11.8 Å². The number of carbonyl (C=O) groups is 3. The van der Waals surface area contributed by atoms with Crippen LogP contribution in [0.4, 0.5) is 11.5 Å². The second-order valence-electron chi connectivity index (χ2n) is 10.7. The summed E-state index contributed by atoms with van der Waals surface area (Å²) in [7, 11) is 4.15. The lowest BCUT2D eigenvalue weighted by Crippen LogP contribution is -2.49. The third-order valence-electron chi connectivity index (χ3n) is 7.45. The Labute approximate surface area is 241 Å². The average Bonchev–Trinajstić information content (AvgIpc) is 2.94. The summed E-state index contributed by atoms with van der Waals surface area (Å²) >= 11 is 5.91. The number of rotatable bonds is 11. The molecule has 0 spiro atoms. The van der Waals surface area contributed by atoms with Gasteiger partial charge in [0.25, 0.3) is 5.91 Å². The lowest BCUT2D eigenvalue weighted by atomic mass is 10.1. The number of hydrogen-bond donors (Lipinski definition) is 2.